The monoisotopic (exact) mass is 1010 g/mol. The third-order valence-corrected chi connectivity index (χ3v) is 19.1. The van der Waals surface area contributed by atoms with Crippen molar-refractivity contribution in [3.05, 3.63) is 144 Å². The number of rotatable bonds is 12. The zero-order valence-corrected chi connectivity index (χ0v) is 34.8. The van der Waals surface area contributed by atoms with E-state index in [1.807, 2.05) is 0 Å². The molecule has 6 radical (unpaired) electrons. The van der Waals surface area contributed by atoms with Gasteiger partial charge in [-0.25, -0.2) is 0 Å². The zero-order valence-electron chi connectivity index (χ0n) is 22.2. The summed E-state index contributed by atoms with van der Waals surface area (Å²) in [6, 6.07) is 43.1. The first kappa shape index (κ1) is 35.9. The van der Waals surface area contributed by atoms with Crippen molar-refractivity contribution >= 4 is 97.0 Å². The molecule has 4 aromatic rings. The van der Waals surface area contributed by atoms with E-state index in [-0.39, 0.29) is 27.3 Å². The number of hydrogen-bond donors (Lipinski definition) is 0. The maximum atomic E-state index is 3.45. The van der Waals surface area contributed by atoms with Gasteiger partial charge in [0, 0.05) is 27.3 Å². The summed E-state index contributed by atoms with van der Waals surface area (Å²) in [6.45, 7) is 0. The first-order valence-corrected chi connectivity index (χ1v) is 26.2. The fourth-order valence-corrected chi connectivity index (χ4v) is 11.4. The van der Waals surface area contributed by atoms with Crippen LogP contribution < -0.4 is 0 Å². The third-order valence-electron chi connectivity index (χ3n) is 6.34. The second-order valence-electron chi connectivity index (χ2n) is 9.47. The van der Waals surface area contributed by atoms with E-state index in [2.05, 4.69) is 183 Å². The van der Waals surface area contributed by atoms with Gasteiger partial charge < -0.3 is 0 Å². The summed E-state index contributed by atoms with van der Waals surface area (Å²) in [4.78, 5) is 0. The van der Waals surface area contributed by atoms with Crippen molar-refractivity contribution in [1.29, 1.82) is 0 Å². The number of hydrogen-bond acceptors (Lipinski definition) is 0. The Labute approximate surface area is 287 Å². The number of aryl methyl sites for hydroxylation is 4. The predicted octanol–water partition coefficient (Wildman–Crippen LogP) is 6.93. The molecule has 7 heteroatoms. The molecule has 0 bridgehead atoms. The molecule has 0 atom stereocenters. The van der Waals surface area contributed by atoms with Crippen LogP contribution in [0.5, 0.6) is 0 Å². The van der Waals surface area contributed by atoms with Crippen LogP contribution in [-0.4, -0.2) is 113 Å². The van der Waals surface area contributed by atoms with Crippen molar-refractivity contribution in [3.63, 3.8) is 0 Å². The summed E-state index contributed by atoms with van der Waals surface area (Å²) < 4.78 is -2.05. The molecule has 0 saturated heterocycles. The van der Waals surface area contributed by atoms with Crippen LogP contribution in [0.3, 0.4) is 0 Å². The van der Waals surface area contributed by atoms with Crippen LogP contribution in [0.15, 0.2) is 121 Å². The van der Waals surface area contributed by atoms with E-state index in [9.17, 15) is 0 Å². The third kappa shape index (κ3) is 16.2. The first-order chi connectivity index (χ1) is 18.3. The zero-order chi connectivity index (χ0) is 27.1. The van der Waals surface area contributed by atoms with E-state index in [0.29, 0.717) is 0 Å². The minimum absolute atomic E-state index is 0. The molecule has 0 amide bonds. The molecule has 0 nitrogen and oxygen atoms in total. The molecule has 0 aliphatic heterocycles. The Morgan fingerprint density at radius 3 is 0.718 bits per heavy atom. The standard InChI is InChI=1S/2C16H18PSe2.Pb/c2*18-17(19,13-11-15-7-3-1-4-8-15)14-12-16-9-5-2-6-10-16;/h2*1-10H,11-14H2;. The van der Waals surface area contributed by atoms with Crippen LogP contribution in [0.4, 0.5) is 0 Å². The van der Waals surface area contributed by atoms with Gasteiger partial charge in [0.2, 0.25) is 0 Å². The molecule has 0 aromatic heterocycles. The van der Waals surface area contributed by atoms with Gasteiger partial charge in [-0.05, 0) is 0 Å². The second-order valence-corrected chi connectivity index (χ2v) is 39.1. The molecule has 0 heterocycles. The Morgan fingerprint density at radius 2 is 0.538 bits per heavy atom. The molecule has 0 N–H and O–H groups in total. The quantitative estimate of drug-likeness (QED) is 0.107. The van der Waals surface area contributed by atoms with E-state index in [1.165, 1.54) is 72.6 Å². The van der Waals surface area contributed by atoms with E-state index in [0.717, 1.165) is 0 Å². The van der Waals surface area contributed by atoms with Gasteiger partial charge in [0.05, 0.1) is 0 Å². The van der Waals surface area contributed by atoms with Crippen LogP contribution >= 0.6 is 8.40 Å². The van der Waals surface area contributed by atoms with E-state index in [1.54, 1.807) is 0 Å². The van der Waals surface area contributed by atoms with Crippen LogP contribution in [-0.2, 0) is 25.7 Å². The van der Waals surface area contributed by atoms with Crippen LogP contribution in [0, 0.1) is 0 Å². The van der Waals surface area contributed by atoms with E-state index >= 15 is 0 Å². The number of benzene rings is 4. The average molecular weight is 1010 g/mol. The van der Waals surface area contributed by atoms with Gasteiger partial charge in [0.25, 0.3) is 0 Å². The van der Waals surface area contributed by atoms with Crippen LogP contribution in [0.1, 0.15) is 22.3 Å². The van der Waals surface area contributed by atoms with Crippen LogP contribution in [0.2, 0.25) is 0 Å². The SMILES string of the molecule is [Pb].[Se]P(=[Se])(CCc1ccccc1)CCc1ccccc1.[Se]P(=[Se])(CCc1ccccc1)CCc1ccccc1. The Morgan fingerprint density at radius 1 is 0.359 bits per heavy atom. The van der Waals surface area contributed by atoms with Crippen molar-refractivity contribution in [2.24, 2.45) is 0 Å². The van der Waals surface area contributed by atoms with Gasteiger partial charge in [0.15, 0.2) is 0 Å². The van der Waals surface area contributed by atoms with Crippen molar-refractivity contribution in [1.82, 2.24) is 0 Å². The Hall–Kier alpha value is 0.740. The summed E-state index contributed by atoms with van der Waals surface area (Å²) in [5.41, 5.74) is 5.77. The summed E-state index contributed by atoms with van der Waals surface area (Å²) in [6.07, 6.45) is 9.70. The Kier molecular flexibility index (Phi) is 18.3. The molecule has 0 aliphatic rings. The van der Waals surface area contributed by atoms with Gasteiger partial charge in [0.1, 0.15) is 0 Å². The molecular weight excluding hydrogens is 969 g/mol. The van der Waals surface area contributed by atoms with Gasteiger partial charge in [-0.3, -0.25) is 0 Å². The van der Waals surface area contributed by atoms with Crippen molar-refractivity contribution in [2.45, 2.75) is 25.7 Å². The van der Waals surface area contributed by atoms with Gasteiger partial charge in [-0.1, -0.05) is 0 Å². The molecule has 0 unspecified atom stereocenters. The van der Waals surface area contributed by atoms with Gasteiger partial charge in [-0.2, -0.15) is 0 Å². The molecule has 4 aromatic carbocycles. The molecule has 0 saturated carbocycles. The molecule has 0 aliphatic carbocycles. The molecule has 39 heavy (non-hydrogen) atoms. The summed E-state index contributed by atoms with van der Waals surface area (Å²) in [5.74, 6) is 0. The summed E-state index contributed by atoms with van der Waals surface area (Å²) in [5, 5.41) is 0. The maximum absolute atomic E-state index is 3.45. The molecule has 0 spiro atoms. The summed E-state index contributed by atoms with van der Waals surface area (Å²) >= 11 is 13.8. The topological polar surface area (TPSA) is 0 Å². The van der Waals surface area contributed by atoms with Crippen molar-refractivity contribution < 1.29 is 0 Å². The Balaban J connectivity index is 0.000000267. The molecule has 0 fully saturated rings. The van der Waals surface area contributed by atoms with Crippen LogP contribution in [0.25, 0.3) is 0 Å². The first-order valence-electron chi connectivity index (χ1n) is 13.1. The second kappa shape index (κ2) is 19.8. The molecule has 4 rings (SSSR count). The normalized spacial score (nSPS) is 11.1. The van der Waals surface area contributed by atoms with Crippen molar-refractivity contribution in [2.75, 3.05) is 24.6 Å². The van der Waals surface area contributed by atoms with E-state index < -0.39 is 8.40 Å². The minimum atomic E-state index is -1.02. The molecule has 202 valence electrons. The fourth-order valence-electron chi connectivity index (χ4n) is 4.00. The van der Waals surface area contributed by atoms with Gasteiger partial charge in [-0.15, -0.1) is 0 Å². The predicted molar refractivity (Wildman–Crippen MR) is 183 cm³/mol. The fraction of sp³-hybridized carbons (Fsp3) is 0.250. The van der Waals surface area contributed by atoms with Crippen molar-refractivity contribution in [3.8, 4) is 0 Å². The Bertz CT molecular complexity index is 1090. The van der Waals surface area contributed by atoms with Gasteiger partial charge >= 0.3 is 264 Å². The summed E-state index contributed by atoms with van der Waals surface area (Å²) in [7, 11) is 0. The van der Waals surface area contributed by atoms with E-state index in [4.69, 9.17) is 0 Å². The average Bonchev–Trinajstić information content (AvgIpc) is 2.96. The molecular formula is C32H36P2PbSe4.